The second-order valence-corrected chi connectivity index (χ2v) is 9.53. The van der Waals surface area contributed by atoms with Crippen LogP contribution in [-0.2, 0) is 11.3 Å². The lowest BCUT2D eigenvalue weighted by molar-refractivity contribution is -0.113. The summed E-state index contributed by atoms with van der Waals surface area (Å²) in [5, 5.41) is 13.2. The second-order valence-electron chi connectivity index (χ2n) is 7.56. The van der Waals surface area contributed by atoms with Crippen LogP contribution >= 0.6 is 23.1 Å². The average Bonchev–Trinajstić information content (AvgIpc) is 3.28. The molecule has 1 N–H and O–H groups in total. The maximum Gasteiger partial charge on any atom is 0.236 e. The van der Waals surface area contributed by atoms with Crippen molar-refractivity contribution in [3.8, 4) is 0 Å². The predicted molar refractivity (Wildman–Crippen MR) is 125 cm³/mol. The van der Waals surface area contributed by atoms with E-state index in [1.54, 1.807) is 0 Å². The number of amides is 1. The van der Waals surface area contributed by atoms with Crippen molar-refractivity contribution in [2.75, 3.05) is 25.2 Å². The van der Waals surface area contributed by atoms with Crippen LogP contribution in [0.2, 0.25) is 0 Å². The van der Waals surface area contributed by atoms with Gasteiger partial charge in [0.1, 0.15) is 0 Å². The van der Waals surface area contributed by atoms with E-state index in [4.69, 9.17) is 0 Å². The van der Waals surface area contributed by atoms with Crippen LogP contribution < -0.4 is 5.32 Å². The molecule has 1 amide bonds. The zero-order valence-electron chi connectivity index (χ0n) is 18.3. The Morgan fingerprint density at radius 3 is 2.80 bits per heavy atom. The van der Waals surface area contributed by atoms with E-state index in [0.717, 1.165) is 47.0 Å². The summed E-state index contributed by atoms with van der Waals surface area (Å²) in [6, 6.07) is 6.31. The van der Waals surface area contributed by atoms with Gasteiger partial charge in [0.15, 0.2) is 16.1 Å². The van der Waals surface area contributed by atoms with Crippen molar-refractivity contribution in [3.63, 3.8) is 0 Å². The normalized spacial score (nSPS) is 12.6. The lowest BCUT2D eigenvalue weighted by Gasteiger charge is -2.23. The molecule has 0 aliphatic rings. The first kappa shape index (κ1) is 22.7. The molecule has 1 aromatic carbocycles. The van der Waals surface area contributed by atoms with Gasteiger partial charge in [0, 0.05) is 6.54 Å². The first-order chi connectivity index (χ1) is 14.4. The summed E-state index contributed by atoms with van der Waals surface area (Å²) in [6.45, 7) is 7.25. The molecule has 7 nitrogen and oxygen atoms in total. The minimum absolute atomic E-state index is 0.0815. The molecule has 0 fully saturated rings. The molecule has 3 rings (SSSR count). The van der Waals surface area contributed by atoms with E-state index in [1.807, 2.05) is 12.1 Å². The lowest BCUT2D eigenvalue weighted by Crippen LogP contribution is -2.23. The molecule has 2 aromatic heterocycles. The number of aryl methyl sites for hydroxylation is 1. The third kappa shape index (κ3) is 5.39. The average molecular weight is 447 g/mol. The molecule has 0 saturated heterocycles. The predicted octanol–water partition coefficient (Wildman–Crippen LogP) is 4.74. The highest BCUT2D eigenvalue weighted by molar-refractivity contribution is 7.99. The summed E-state index contributed by atoms with van der Waals surface area (Å²) in [6.07, 6.45) is 3.11. The Hall–Kier alpha value is -1.97. The number of hydrogen-bond donors (Lipinski definition) is 1. The van der Waals surface area contributed by atoms with Gasteiger partial charge in [-0.3, -0.25) is 9.69 Å². The Bertz CT molecular complexity index is 997. The molecule has 3 aromatic rings. The molecule has 0 saturated carbocycles. The van der Waals surface area contributed by atoms with Gasteiger partial charge in [0.05, 0.1) is 22.0 Å². The number of carbonyl (C=O) groups is 1. The molecule has 30 heavy (non-hydrogen) atoms. The minimum atomic E-state index is -0.0815. The lowest BCUT2D eigenvalue weighted by atomic mass is 10.2. The highest BCUT2D eigenvalue weighted by atomic mass is 32.2. The Labute approximate surface area is 186 Å². The number of hydrogen-bond acceptors (Lipinski definition) is 7. The van der Waals surface area contributed by atoms with E-state index in [2.05, 4.69) is 70.9 Å². The Balaban J connectivity index is 1.68. The van der Waals surface area contributed by atoms with Gasteiger partial charge < -0.3 is 9.88 Å². The van der Waals surface area contributed by atoms with Crippen LogP contribution in [0.15, 0.2) is 23.4 Å². The fraction of sp³-hybridized carbons (Fsp3) is 0.524. The molecule has 0 aliphatic heterocycles. The molecule has 1 unspecified atom stereocenters. The van der Waals surface area contributed by atoms with Crippen LogP contribution in [-0.4, -0.2) is 50.4 Å². The fourth-order valence-electron chi connectivity index (χ4n) is 3.33. The van der Waals surface area contributed by atoms with Gasteiger partial charge >= 0.3 is 0 Å². The van der Waals surface area contributed by atoms with Crippen molar-refractivity contribution in [1.82, 2.24) is 24.6 Å². The highest BCUT2D eigenvalue weighted by Crippen LogP contribution is 2.28. The van der Waals surface area contributed by atoms with Crippen molar-refractivity contribution in [3.05, 3.63) is 29.6 Å². The molecule has 2 heterocycles. The van der Waals surface area contributed by atoms with Gasteiger partial charge in [-0.15, -0.1) is 10.2 Å². The molecular weight excluding hydrogens is 416 g/mol. The monoisotopic (exact) mass is 446 g/mol. The number of benzene rings is 1. The van der Waals surface area contributed by atoms with Crippen LogP contribution in [0, 0.1) is 6.92 Å². The zero-order valence-corrected chi connectivity index (χ0v) is 19.9. The molecule has 0 spiro atoms. The highest BCUT2D eigenvalue weighted by Gasteiger charge is 2.22. The third-order valence-corrected chi connectivity index (χ3v) is 6.81. The van der Waals surface area contributed by atoms with Crippen molar-refractivity contribution in [2.24, 2.45) is 0 Å². The van der Waals surface area contributed by atoms with Crippen molar-refractivity contribution in [1.29, 1.82) is 0 Å². The molecule has 0 bridgehead atoms. The standard InChI is InChI=1S/C21H30N6OS2/c1-6-8-11-27-19(16(7-2)26(4)5)24-25-21(27)29-13-18(28)23-20-22-15-10-9-14(3)12-17(15)30-20/h9-10,12,16H,6-8,11,13H2,1-5H3,(H,22,23,28). The summed E-state index contributed by atoms with van der Waals surface area (Å²) >= 11 is 2.93. The van der Waals surface area contributed by atoms with Crippen molar-refractivity contribution >= 4 is 44.4 Å². The number of unbranched alkanes of at least 4 members (excludes halogenated alkanes) is 1. The van der Waals surface area contributed by atoms with Crippen molar-refractivity contribution in [2.45, 2.75) is 57.8 Å². The largest absolute Gasteiger partial charge is 0.305 e. The van der Waals surface area contributed by atoms with E-state index in [0.29, 0.717) is 5.13 Å². The van der Waals surface area contributed by atoms with E-state index < -0.39 is 0 Å². The topological polar surface area (TPSA) is 75.9 Å². The molecule has 0 aliphatic carbocycles. The maximum atomic E-state index is 12.5. The summed E-state index contributed by atoms with van der Waals surface area (Å²) in [7, 11) is 4.12. The van der Waals surface area contributed by atoms with Crippen LogP contribution in [0.5, 0.6) is 0 Å². The number of nitrogens with zero attached hydrogens (tertiary/aromatic N) is 5. The molecule has 0 radical (unpaired) electrons. The van der Waals surface area contributed by atoms with Gasteiger partial charge in [0.25, 0.3) is 0 Å². The zero-order chi connectivity index (χ0) is 21.7. The number of fused-ring (bicyclic) bond motifs is 1. The number of thioether (sulfide) groups is 1. The number of aromatic nitrogens is 4. The first-order valence-corrected chi connectivity index (χ1v) is 12.1. The smallest absolute Gasteiger partial charge is 0.236 e. The van der Waals surface area contributed by atoms with Gasteiger partial charge in [-0.05, 0) is 51.6 Å². The van der Waals surface area contributed by atoms with Gasteiger partial charge in [-0.25, -0.2) is 4.98 Å². The molecule has 9 heteroatoms. The van der Waals surface area contributed by atoms with E-state index in [-0.39, 0.29) is 17.7 Å². The minimum Gasteiger partial charge on any atom is -0.305 e. The fourth-order valence-corrected chi connectivity index (χ4v) is 5.08. The molecular formula is C21H30N6OS2. The molecule has 1 atom stereocenters. The quantitative estimate of drug-likeness (QED) is 0.453. The van der Waals surface area contributed by atoms with Crippen molar-refractivity contribution < 1.29 is 4.79 Å². The Kier molecular flexibility index (Phi) is 7.85. The van der Waals surface area contributed by atoms with Crippen LogP contribution in [0.4, 0.5) is 5.13 Å². The Morgan fingerprint density at radius 2 is 2.10 bits per heavy atom. The van der Waals surface area contributed by atoms with Gasteiger partial charge in [-0.1, -0.05) is 49.4 Å². The molecule has 162 valence electrons. The number of anilines is 1. The number of thiazole rings is 1. The summed E-state index contributed by atoms with van der Waals surface area (Å²) in [5.41, 5.74) is 2.09. The SMILES string of the molecule is CCCCn1c(SCC(=O)Nc2nc3ccc(C)cc3s2)nnc1C(CC)N(C)C. The van der Waals surface area contributed by atoms with Gasteiger partial charge in [0.2, 0.25) is 5.91 Å². The van der Waals surface area contributed by atoms with E-state index in [9.17, 15) is 4.79 Å². The van der Waals surface area contributed by atoms with Gasteiger partial charge in [-0.2, -0.15) is 0 Å². The third-order valence-electron chi connectivity index (χ3n) is 4.91. The van der Waals surface area contributed by atoms with E-state index in [1.165, 1.54) is 28.7 Å². The Morgan fingerprint density at radius 1 is 1.30 bits per heavy atom. The maximum absolute atomic E-state index is 12.5. The number of carbonyl (C=O) groups excluding carboxylic acids is 1. The summed E-state index contributed by atoms with van der Waals surface area (Å²) in [5.74, 6) is 1.17. The number of rotatable bonds is 10. The van der Waals surface area contributed by atoms with Crippen LogP contribution in [0.3, 0.4) is 0 Å². The summed E-state index contributed by atoms with van der Waals surface area (Å²) < 4.78 is 3.26. The van der Waals surface area contributed by atoms with Crippen LogP contribution in [0.25, 0.3) is 10.2 Å². The second kappa shape index (κ2) is 10.4. The summed E-state index contributed by atoms with van der Waals surface area (Å²) in [4.78, 5) is 19.2. The first-order valence-electron chi connectivity index (χ1n) is 10.3. The van der Waals surface area contributed by atoms with Crippen LogP contribution in [0.1, 0.15) is 50.5 Å². The van der Waals surface area contributed by atoms with E-state index >= 15 is 0 Å². The number of nitrogens with one attached hydrogen (secondary N) is 1.